The molecule has 0 bridgehead atoms. The first kappa shape index (κ1) is 14.4. The van der Waals surface area contributed by atoms with Crippen LogP contribution < -0.4 is 0 Å². The molecule has 4 heteroatoms. The first-order valence-corrected chi connectivity index (χ1v) is 5.09. The van der Waals surface area contributed by atoms with Gasteiger partial charge < -0.3 is 9.84 Å². The van der Waals surface area contributed by atoms with Crippen LogP contribution >= 0.6 is 0 Å². The highest BCUT2D eigenvalue weighted by Gasteiger charge is 2.09. The highest BCUT2D eigenvalue weighted by atomic mass is 16.5. The van der Waals surface area contributed by atoms with E-state index in [4.69, 9.17) is 9.84 Å². The molecule has 0 spiro atoms. The van der Waals surface area contributed by atoms with Crippen molar-refractivity contribution in [2.45, 2.75) is 27.2 Å². The summed E-state index contributed by atoms with van der Waals surface area (Å²) in [6.45, 7) is 9.24. The summed E-state index contributed by atoms with van der Waals surface area (Å²) in [6.07, 6.45) is 1.65. The van der Waals surface area contributed by atoms with E-state index in [0.29, 0.717) is 6.61 Å². The minimum Gasteiger partial charge on any atom is -0.478 e. The monoisotopic (exact) mass is 226 g/mol. The molecule has 0 rings (SSSR count). The van der Waals surface area contributed by atoms with E-state index in [-0.39, 0.29) is 23.5 Å². The Morgan fingerprint density at radius 2 is 2.00 bits per heavy atom. The molecule has 90 valence electrons. The smallest absolute Gasteiger partial charge is 0.333 e. The van der Waals surface area contributed by atoms with Gasteiger partial charge in [0.2, 0.25) is 0 Å². The first-order chi connectivity index (χ1) is 7.34. The van der Waals surface area contributed by atoms with Crippen LogP contribution in [0.2, 0.25) is 0 Å². The van der Waals surface area contributed by atoms with Crippen molar-refractivity contribution in [2.24, 2.45) is 5.92 Å². The van der Waals surface area contributed by atoms with Crippen molar-refractivity contribution < 1.29 is 19.4 Å². The molecule has 0 atom stereocenters. The molecule has 0 unspecified atom stereocenters. The van der Waals surface area contributed by atoms with Gasteiger partial charge in [-0.3, -0.25) is 0 Å². The lowest BCUT2D eigenvalue weighted by Crippen LogP contribution is -2.11. The fourth-order valence-electron chi connectivity index (χ4n) is 0.791. The standard InChI is InChI=1S/C12H18O4/c1-8(2)7-16-12(15)10(4)6-5-9(3)11(13)14/h5,8H,4,6-7H2,1-3H3,(H,13,14). The van der Waals surface area contributed by atoms with Crippen LogP contribution in [-0.4, -0.2) is 23.7 Å². The summed E-state index contributed by atoms with van der Waals surface area (Å²) in [5, 5.41) is 8.60. The fourth-order valence-corrected chi connectivity index (χ4v) is 0.791. The Kier molecular flexibility index (Phi) is 6.15. The Labute approximate surface area is 95.6 Å². The van der Waals surface area contributed by atoms with Crippen LogP contribution in [0.15, 0.2) is 23.8 Å². The quantitative estimate of drug-likeness (QED) is 0.557. The number of hydrogen-bond acceptors (Lipinski definition) is 3. The molecule has 0 radical (unpaired) electrons. The van der Waals surface area contributed by atoms with E-state index in [1.165, 1.54) is 13.0 Å². The van der Waals surface area contributed by atoms with E-state index in [2.05, 4.69) is 6.58 Å². The molecule has 0 aliphatic rings. The Bertz CT molecular complexity index is 313. The van der Waals surface area contributed by atoms with Crippen LogP contribution in [-0.2, 0) is 14.3 Å². The van der Waals surface area contributed by atoms with Crippen LogP contribution in [0.25, 0.3) is 0 Å². The van der Waals surface area contributed by atoms with Gasteiger partial charge in [0.25, 0.3) is 0 Å². The highest BCUT2D eigenvalue weighted by molar-refractivity contribution is 5.89. The van der Waals surface area contributed by atoms with Crippen molar-refractivity contribution in [1.82, 2.24) is 0 Å². The van der Waals surface area contributed by atoms with Crippen molar-refractivity contribution in [3.63, 3.8) is 0 Å². The van der Waals surface area contributed by atoms with E-state index in [1.807, 2.05) is 13.8 Å². The average Bonchev–Trinajstić information content (AvgIpc) is 2.21. The molecule has 0 saturated carbocycles. The maximum atomic E-state index is 11.3. The predicted octanol–water partition coefficient (Wildman–Crippen LogP) is 2.16. The Morgan fingerprint density at radius 3 is 2.44 bits per heavy atom. The van der Waals surface area contributed by atoms with Crippen molar-refractivity contribution in [3.8, 4) is 0 Å². The second kappa shape index (κ2) is 6.82. The molecule has 4 nitrogen and oxygen atoms in total. The number of rotatable bonds is 6. The predicted molar refractivity (Wildman–Crippen MR) is 60.9 cm³/mol. The summed E-state index contributed by atoms with van der Waals surface area (Å²) in [4.78, 5) is 21.8. The fraction of sp³-hybridized carbons (Fsp3) is 0.500. The van der Waals surface area contributed by atoms with E-state index in [9.17, 15) is 9.59 Å². The van der Waals surface area contributed by atoms with Crippen molar-refractivity contribution in [2.75, 3.05) is 6.61 Å². The topological polar surface area (TPSA) is 63.6 Å². The van der Waals surface area contributed by atoms with Crippen LogP contribution in [0, 0.1) is 5.92 Å². The molecule has 1 N–H and O–H groups in total. The van der Waals surface area contributed by atoms with Gasteiger partial charge in [-0.2, -0.15) is 0 Å². The van der Waals surface area contributed by atoms with Gasteiger partial charge in [0, 0.05) is 11.1 Å². The zero-order valence-electron chi connectivity index (χ0n) is 9.95. The number of esters is 1. The molecule has 0 aliphatic carbocycles. The third-order valence-corrected chi connectivity index (χ3v) is 1.83. The molecule has 0 aromatic carbocycles. The molecule has 0 amide bonds. The summed E-state index contributed by atoms with van der Waals surface area (Å²) in [5.74, 6) is -1.19. The highest BCUT2D eigenvalue weighted by Crippen LogP contribution is 2.06. The zero-order chi connectivity index (χ0) is 12.7. The molecule has 0 heterocycles. The number of ether oxygens (including phenoxy) is 1. The number of carbonyl (C=O) groups excluding carboxylic acids is 1. The number of carbonyl (C=O) groups is 2. The summed E-state index contributed by atoms with van der Waals surface area (Å²) in [7, 11) is 0. The van der Waals surface area contributed by atoms with Gasteiger partial charge >= 0.3 is 11.9 Å². The number of carboxylic acids is 1. The van der Waals surface area contributed by atoms with Gasteiger partial charge in [0.15, 0.2) is 0 Å². The van der Waals surface area contributed by atoms with E-state index >= 15 is 0 Å². The van der Waals surface area contributed by atoms with Crippen LogP contribution in [0.1, 0.15) is 27.2 Å². The zero-order valence-corrected chi connectivity index (χ0v) is 9.95. The van der Waals surface area contributed by atoms with Crippen LogP contribution in [0.3, 0.4) is 0 Å². The normalized spacial score (nSPS) is 11.4. The molecule has 16 heavy (non-hydrogen) atoms. The SMILES string of the molecule is C=C(CC=C(C)C(=O)O)C(=O)OCC(C)C. The lowest BCUT2D eigenvalue weighted by atomic mass is 10.1. The summed E-state index contributed by atoms with van der Waals surface area (Å²) in [6, 6.07) is 0. The van der Waals surface area contributed by atoms with E-state index < -0.39 is 11.9 Å². The van der Waals surface area contributed by atoms with Gasteiger partial charge in [-0.05, 0) is 19.3 Å². The summed E-state index contributed by atoms with van der Waals surface area (Å²) >= 11 is 0. The van der Waals surface area contributed by atoms with E-state index in [1.54, 1.807) is 0 Å². The van der Waals surface area contributed by atoms with Gasteiger partial charge in [-0.1, -0.05) is 26.5 Å². The minimum atomic E-state index is -0.997. The molecule has 0 aromatic heterocycles. The molecule has 0 aliphatic heterocycles. The Balaban J connectivity index is 4.12. The van der Waals surface area contributed by atoms with Crippen molar-refractivity contribution >= 4 is 11.9 Å². The third kappa shape index (κ3) is 6.01. The lowest BCUT2D eigenvalue weighted by molar-refractivity contribution is -0.140. The maximum Gasteiger partial charge on any atom is 0.333 e. The molecular weight excluding hydrogens is 208 g/mol. The largest absolute Gasteiger partial charge is 0.478 e. The minimum absolute atomic E-state index is 0.192. The molecule has 0 fully saturated rings. The number of allylic oxidation sites excluding steroid dienone is 1. The average molecular weight is 226 g/mol. The number of aliphatic carboxylic acids is 1. The number of carboxylic acid groups (broad SMARTS) is 1. The second-order valence-electron chi connectivity index (χ2n) is 3.99. The first-order valence-electron chi connectivity index (χ1n) is 5.09. The van der Waals surface area contributed by atoms with Gasteiger partial charge in [-0.15, -0.1) is 0 Å². The lowest BCUT2D eigenvalue weighted by Gasteiger charge is -2.07. The van der Waals surface area contributed by atoms with Crippen molar-refractivity contribution in [3.05, 3.63) is 23.8 Å². The Hall–Kier alpha value is -1.58. The maximum absolute atomic E-state index is 11.3. The summed E-state index contributed by atoms with van der Waals surface area (Å²) < 4.78 is 4.94. The van der Waals surface area contributed by atoms with Gasteiger partial charge in [0.1, 0.15) is 0 Å². The third-order valence-electron chi connectivity index (χ3n) is 1.83. The second-order valence-corrected chi connectivity index (χ2v) is 3.99. The summed E-state index contributed by atoms with van der Waals surface area (Å²) in [5.41, 5.74) is 0.457. The Morgan fingerprint density at radius 1 is 1.44 bits per heavy atom. The molecule has 0 saturated heterocycles. The molecular formula is C12H18O4. The van der Waals surface area contributed by atoms with Crippen LogP contribution in [0.5, 0.6) is 0 Å². The van der Waals surface area contributed by atoms with Gasteiger partial charge in [-0.25, -0.2) is 9.59 Å². The number of hydrogen-bond donors (Lipinski definition) is 1. The molecule has 0 aromatic rings. The van der Waals surface area contributed by atoms with E-state index in [0.717, 1.165) is 0 Å². The van der Waals surface area contributed by atoms with Crippen LogP contribution in [0.4, 0.5) is 0 Å². The van der Waals surface area contributed by atoms with Gasteiger partial charge in [0.05, 0.1) is 6.61 Å². The van der Waals surface area contributed by atoms with Crippen molar-refractivity contribution in [1.29, 1.82) is 0 Å².